The monoisotopic (exact) mass is 568 g/mol. The summed E-state index contributed by atoms with van der Waals surface area (Å²) in [5.74, 6) is -0.354. The predicted molar refractivity (Wildman–Crippen MR) is 148 cm³/mol. The number of carbonyl (C=O) groups excluding carboxylic acids is 2. The molecule has 2 aromatic heterocycles. The van der Waals surface area contributed by atoms with E-state index in [1.54, 1.807) is 34.3 Å². The van der Waals surface area contributed by atoms with Gasteiger partial charge in [-0.05, 0) is 62.9 Å². The number of ether oxygens (including phenoxy) is 1. The van der Waals surface area contributed by atoms with Gasteiger partial charge in [0.1, 0.15) is 16.2 Å². The smallest absolute Gasteiger partial charge is 0.410 e. The first-order chi connectivity index (χ1) is 18.8. The highest BCUT2D eigenvalue weighted by molar-refractivity contribution is 7.89. The fourth-order valence-electron chi connectivity index (χ4n) is 5.26. The van der Waals surface area contributed by atoms with Crippen LogP contribution in [0.2, 0.25) is 0 Å². The fourth-order valence-corrected chi connectivity index (χ4v) is 6.93. The zero-order valence-electron chi connectivity index (χ0n) is 23.6. The molecule has 3 aromatic rings. The lowest BCUT2D eigenvalue weighted by Crippen LogP contribution is -2.40. The number of benzene rings is 1. The second kappa shape index (κ2) is 10.4. The van der Waals surface area contributed by atoms with Crippen molar-refractivity contribution in [3.05, 3.63) is 70.3 Å². The summed E-state index contributed by atoms with van der Waals surface area (Å²) in [4.78, 5) is 27.6. The fraction of sp³-hybridized carbons (Fsp3) is 0.464. The minimum absolute atomic E-state index is 0.132. The van der Waals surface area contributed by atoms with E-state index in [0.29, 0.717) is 38.3 Å². The first-order valence-electron chi connectivity index (χ1n) is 13.4. The summed E-state index contributed by atoms with van der Waals surface area (Å²) >= 11 is 0. The minimum Gasteiger partial charge on any atom is -0.444 e. The molecule has 0 radical (unpaired) electrons. The van der Waals surface area contributed by atoms with Crippen LogP contribution in [-0.2, 0) is 54.4 Å². The van der Waals surface area contributed by atoms with E-state index in [0.717, 1.165) is 22.4 Å². The van der Waals surface area contributed by atoms with Crippen LogP contribution in [-0.4, -0.2) is 62.7 Å². The molecule has 214 valence electrons. The average molecular weight is 569 g/mol. The van der Waals surface area contributed by atoms with E-state index in [9.17, 15) is 18.0 Å². The highest BCUT2D eigenvalue weighted by Crippen LogP contribution is 2.27. The van der Waals surface area contributed by atoms with Crippen LogP contribution in [0, 0.1) is 6.92 Å². The van der Waals surface area contributed by atoms with Crippen molar-refractivity contribution in [1.29, 1.82) is 0 Å². The molecule has 4 heterocycles. The summed E-state index contributed by atoms with van der Waals surface area (Å²) in [6.45, 7) is 9.56. The lowest BCUT2D eigenvalue weighted by molar-refractivity contribution is 0.0223. The first-order valence-corrected chi connectivity index (χ1v) is 14.8. The van der Waals surface area contributed by atoms with Gasteiger partial charge in [-0.3, -0.25) is 9.48 Å². The van der Waals surface area contributed by atoms with Crippen LogP contribution >= 0.6 is 0 Å². The summed E-state index contributed by atoms with van der Waals surface area (Å²) in [7, 11) is -2.10. The van der Waals surface area contributed by atoms with E-state index >= 15 is 0 Å². The standard InChI is InChI=1S/C28H36N6O5S/c1-19-25(40(37,38)33-13-14-34-22(18-33)9-11-30-34)15-24(31(19)5)26(35)29-16-20-7-6-8-21-17-32(12-10-23(20)21)27(36)39-28(2,3)4/h6-9,11,15H,10,12-14,16-18H2,1-5H3,(H,29,35). The molecule has 1 aromatic carbocycles. The second-order valence-corrected chi connectivity index (χ2v) is 13.2. The van der Waals surface area contributed by atoms with E-state index < -0.39 is 15.6 Å². The molecule has 0 saturated carbocycles. The molecule has 2 aliphatic heterocycles. The molecule has 1 N–H and O–H groups in total. The topological polar surface area (TPSA) is 119 Å². The molecule has 0 bridgehead atoms. The molecule has 0 aliphatic carbocycles. The summed E-state index contributed by atoms with van der Waals surface area (Å²) in [5, 5.41) is 7.18. The van der Waals surface area contributed by atoms with Crippen LogP contribution in [0.25, 0.3) is 0 Å². The van der Waals surface area contributed by atoms with Gasteiger partial charge in [0, 0.05) is 45.1 Å². The predicted octanol–water partition coefficient (Wildman–Crippen LogP) is 2.96. The maximum atomic E-state index is 13.5. The van der Waals surface area contributed by atoms with Crippen LogP contribution in [0.3, 0.4) is 0 Å². The highest BCUT2D eigenvalue weighted by atomic mass is 32.2. The lowest BCUT2D eigenvalue weighted by Gasteiger charge is -2.32. The van der Waals surface area contributed by atoms with Gasteiger partial charge in [-0.25, -0.2) is 13.2 Å². The van der Waals surface area contributed by atoms with E-state index in [4.69, 9.17) is 4.74 Å². The zero-order chi connectivity index (χ0) is 28.8. The number of nitrogens with one attached hydrogen (secondary N) is 1. The number of nitrogens with zero attached hydrogens (tertiary/aromatic N) is 5. The zero-order valence-corrected chi connectivity index (χ0v) is 24.4. The Kier molecular flexibility index (Phi) is 7.26. The van der Waals surface area contributed by atoms with Crippen LogP contribution in [0.5, 0.6) is 0 Å². The Labute approximate surface area is 234 Å². The van der Waals surface area contributed by atoms with E-state index in [1.165, 1.54) is 10.4 Å². The number of aromatic nitrogens is 3. The Hall–Kier alpha value is -3.64. The molecule has 5 rings (SSSR count). The van der Waals surface area contributed by atoms with Gasteiger partial charge in [0.15, 0.2) is 0 Å². The number of sulfonamides is 1. The summed E-state index contributed by atoms with van der Waals surface area (Å²) in [5.41, 5.74) is 4.16. The van der Waals surface area contributed by atoms with Crippen LogP contribution < -0.4 is 5.32 Å². The van der Waals surface area contributed by atoms with Crippen molar-refractivity contribution in [3.8, 4) is 0 Å². The molecule has 0 spiro atoms. The lowest BCUT2D eigenvalue weighted by atomic mass is 9.94. The quantitative estimate of drug-likeness (QED) is 0.506. The van der Waals surface area contributed by atoms with Gasteiger partial charge >= 0.3 is 6.09 Å². The van der Waals surface area contributed by atoms with Crippen molar-refractivity contribution in [2.24, 2.45) is 7.05 Å². The number of hydrogen-bond acceptors (Lipinski definition) is 6. The van der Waals surface area contributed by atoms with Gasteiger partial charge in [0.05, 0.1) is 18.8 Å². The Morgan fingerprint density at radius 1 is 1.10 bits per heavy atom. The number of rotatable bonds is 5. The van der Waals surface area contributed by atoms with E-state index in [2.05, 4.69) is 10.4 Å². The molecule has 2 aliphatic rings. The van der Waals surface area contributed by atoms with Crippen molar-refractivity contribution in [3.63, 3.8) is 0 Å². The van der Waals surface area contributed by atoms with Crippen LogP contribution in [0.15, 0.2) is 41.4 Å². The van der Waals surface area contributed by atoms with E-state index in [1.807, 2.05) is 45.0 Å². The van der Waals surface area contributed by atoms with Gasteiger partial charge in [-0.1, -0.05) is 18.2 Å². The third kappa shape index (κ3) is 5.37. The third-order valence-electron chi connectivity index (χ3n) is 7.50. The van der Waals surface area contributed by atoms with Gasteiger partial charge in [0.2, 0.25) is 10.0 Å². The van der Waals surface area contributed by atoms with Crippen LogP contribution in [0.1, 0.15) is 59.3 Å². The van der Waals surface area contributed by atoms with Crippen molar-refractivity contribution >= 4 is 22.0 Å². The summed E-state index contributed by atoms with van der Waals surface area (Å²) < 4.78 is 37.5. The maximum absolute atomic E-state index is 13.5. The SMILES string of the molecule is Cc1c(S(=O)(=O)N2CCn3nccc3C2)cc(C(=O)NCc2cccc3c2CCN(C(=O)OC(C)(C)C)C3)n1C. The molecule has 0 saturated heterocycles. The number of hydrogen-bond donors (Lipinski definition) is 1. The normalized spacial score (nSPS) is 15.9. The molecule has 11 nitrogen and oxygen atoms in total. The number of carbonyl (C=O) groups is 2. The van der Waals surface area contributed by atoms with Gasteiger partial charge in [-0.2, -0.15) is 9.40 Å². The van der Waals surface area contributed by atoms with Gasteiger partial charge in [0.25, 0.3) is 5.91 Å². The molecular formula is C28H36N6O5S. The van der Waals surface area contributed by atoms with Crippen LogP contribution in [0.4, 0.5) is 4.79 Å². The second-order valence-electron chi connectivity index (χ2n) is 11.3. The molecule has 0 fully saturated rings. The Bertz CT molecular complexity index is 1570. The first kappa shape index (κ1) is 27.9. The molecular weight excluding hydrogens is 532 g/mol. The van der Waals surface area contributed by atoms with E-state index in [-0.39, 0.29) is 35.7 Å². The minimum atomic E-state index is -3.80. The van der Waals surface area contributed by atoms with Crippen molar-refractivity contribution < 1.29 is 22.7 Å². The maximum Gasteiger partial charge on any atom is 0.410 e. The van der Waals surface area contributed by atoms with Crippen molar-refractivity contribution in [2.75, 3.05) is 13.1 Å². The molecule has 0 unspecified atom stereocenters. The number of fused-ring (bicyclic) bond motifs is 2. The van der Waals surface area contributed by atoms with Gasteiger partial charge < -0.3 is 19.5 Å². The highest BCUT2D eigenvalue weighted by Gasteiger charge is 2.33. The molecule has 0 atom stereocenters. The summed E-state index contributed by atoms with van der Waals surface area (Å²) in [6.07, 6.45) is 1.99. The molecule has 12 heteroatoms. The number of amides is 2. The largest absolute Gasteiger partial charge is 0.444 e. The Morgan fingerprint density at radius 2 is 1.88 bits per heavy atom. The molecule has 2 amide bonds. The Balaban J connectivity index is 1.29. The summed E-state index contributed by atoms with van der Waals surface area (Å²) in [6, 6.07) is 9.15. The van der Waals surface area contributed by atoms with Crippen molar-refractivity contribution in [2.45, 2.75) is 70.8 Å². The third-order valence-corrected chi connectivity index (χ3v) is 9.46. The average Bonchev–Trinajstić information content (AvgIpc) is 3.50. The van der Waals surface area contributed by atoms with Crippen molar-refractivity contribution in [1.82, 2.24) is 28.9 Å². The molecule has 40 heavy (non-hydrogen) atoms. The Morgan fingerprint density at radius 3 is 2.62 bits per heavy atom. The van der Waals surface area contributed by atoms with Gasteiger partial charge in [-0.15, -0.1) is 0 Å².